The van der Waals surface area contributed by atoms with Gasteiger partial charge in [-0.05, 0) is 37.6 Å². The Balaban J connectivity index is 1.86. The number of nitrogens with one attached hydrogen (secondary N) is 1. The van der Waals surface area contributed by atoms with Crippen molar-refractivity contribution in [2.45, 2.75) is 57.8 Å². The minimum atomic E-state index is -0.769. The van der Waals surface area contributed by atoms with E-state index in [1.54, 1.807) is 0 Å². The largest absolute Gasteiger partial charge is 0.481 e. The molecule has 2 saturated carbocycles. The van der Waals surface area contributed by atoms with Crippen molar-refractivity contribution in [1.82, 2.24) is 5.32 Å². The predicted molar refractivity (Wildman–Crippen MR) is 76.1 cm³/mol. The van der Waals surface area contributed by atoms with Crippen LogP contribution in [0.5, 0.6) is 0 Å². The fourth-order valence-electron chi connectivity index (χ4n) is 3.50. The van der Waals surface area contributed by atoms with Gasteiger partial charge in [0.15, 0.2) is 0 Å². The Bertz CT molecular complexity index is 366. The maximum Gasteiger partial charge on any atom is 0.311 e. The Morgan fingerprint density at radius 2 is 1.70 bits per heavy atom. The second-order valence-electron chi connectivity index (χ2n) is 6.66. The first-order valence-corrected chi connectivity index (χ1v) is 7.72. The number of carboxylic acid groups (broad SMARTS) is 1. The molecular formula is C15H26N2O3. The maximum absolute atomic E-state index is 12.1. The molecular weight excluding hydrogens is 256 g/mol. The lowest BCUT2D eigenvalue weighted by Crippen LogP contribution is -2.47. The van der Waals surface area contributed by atoms with E-state index in [9.17, 15) is 14.7 Å². The van der Waals surface area contributed by atoms with Crippen LogP contribution in [0.4, 0.5) is 0 Å². The molecule has 0 saturated heterocycles. The van der Waals surface area contributed by atoms with E-state index in [1.165, 1.54) is 0 Å². The molecule has 0 spiro atoms. The zero-order valence-corrected chi connectivity index (χ0v) is 12.1. The van der Waals surface area contributed by atoms with Gasteiger partial charge in [-0.1, -0.05) is 25.7 Å². The highest BCUT2D eigenvalue weighted by molar-refractivity contribution is 5.79. The monoisotopic (exact) mass is 282 g/mol. The number of carbonyl (C=O) groups excluding carboxylic acids is 1. The molecule has 114 valence electrons. The van der Waals surface area contributed by atoms with Crippen LogP contribution in [-0.2, 0) is 9.59 Å². The molecule has 2 fully saturated rings. The number of carbonyl (C=O) groups is 2. The van der Waals surface area contributed by atoms with Crippen LogP contribution in [0.2, 0.25) is 0 Å². The first kappa shape index (κ1) is 15.3. The summed E-state index contributed by atoms with van der Waals surface area (Å²) in [5.74, 6) is -0.809. The first-order chi connectivity index (χ1) is 9.52. The highest BCUT2D eigenvalue weighted by atomic mass is 16.4. The lowest BCUT2D eigenvalue weighted by atomic mass is 9.66. The van der Waals surface area contributed by atoms with Crippen LogP contribution in [-0.4, -0.2) is 30.1 Å². The second-order valence-corrected chi connectivity index (χ2v) is 6.66. The molecule has 0 aliphatic heterocycles. The molecule has 2 rings (SSSR count). The number of rotatable bonds is 6. The summed E-state index contributed by atoms with van der Waals surface area (Å²) < 4.78 is 0. The highest BCUT2D eigenvalue weighted by Crippen LogP contribution is 2.43. The summed E-state index contributed by atoms with van der Waals surface area (Å²) in [6.45, 7) is 0.812. The molecule has 2 aliphatic carbocycles. The van der Waals surface area contributed by atoms with Crippen molar-refractivity contribution in [3.05, 3.63) is 0 Å². The molecule has 4 N–H and O–H groups in total. The van der Waals surface area contributed by atoms with Crippen molar-refractivity contribution >= 4 is 11.9 Å². The average Bonchev–Trinajstić information content (AvgIpc) is 2.41. The summed E-state index contributed by atoms with van der Waals surface area (Å²) in [6.07, 6.45) is 7.93. The van der Waals surface area contributed by atoms with Crippen molar-refractivity contribution in [3.63, 3.8) is 0 Å². The maximum atomic E-state index is 12.1. The van der Waals surface area contributed by atoms with E-state index in [4.69, 9.17) is 5.73 Å². The van der Waals surface area contributed by atoms with Gasteiger partial charge in [0.25, 0.3) is 0 Å². The third-order valence-electron chi connectivity index (χ3n) is 5.27. The fraction of sp³-hybridized carbons (Fsp3) is 0.867. The summed E-state index contributed by atoms with van der Waals surface area (Å²) in [4.78, 5) is 23.6. The summed E-state index contributed by atoms with van der Waals surface area (Å²) in [5, 5.41) is 12.3. The number of nitrogens with two attached hydrogens (primary N) is 1. The quantitative estimate of drug-likeness (QED) is 0.690. The third-order valence-corrected chi connectivity index (χ3v) is 5.27. The number of hydrogen-bond donors (Lipinski definition) is 3. The van der Waals surface area contributed by atoms with Crippen LogP contribution in [0.1, 0.15) is 57.8 Å². The number of amides is 1. The third kappa shape index (κ3) is 3.14. The van der Waals surface area contributed by atoms with Gasteiger partial charge in [0.05, 0.1) is 5.41 Å². The number of aliphatic carboxylic acids is 1. The van der Waals surface area contributed by atoms with E-state index in [0.29, 0.717) is 25.8 Å². The number of carboxylic acids is 1. The fourth-order valence-corrected chi connectivity index (χ4v) is 3.50. The van der Waals surface area contributed by atoms with Gasteiger partial charge in [-0.15, -0.1) is 0 Å². The SMILES string of the molecule is NCC1(CC(=O)NCC2(C(=O)O)CCCCC2)CCC1. The van der Waals surface area contributed by atoms with Gasteiger partial charge in [-0.25, -0.2) is 0 Å². The van der Waals surface area contributed by atoms with Gasteiger partial charge in [-0.2, -0.15) is 0 Å². The van der Waals surface area contributed by atoms with Gasteiger partial charge in [0, 0.05) is 13.0 Å². The molecule has 0 bridgehead atoms. The van der Waals surface area contributed by atoms with Crippen LogP contribution in [0.25, 0.3) is 0 Å². The summed E-state index contributed by atoms with van der Waals surface area (Å²) in [6, 6.07) is 0. The van der Waals surface area contributed by atoms with E-state index in [-0.39, 0.29) is 17.9 Å². The minimum Gasteiger partial charge on any atom is -0.481 e. The van der Waals surface area contributed by atoms with E-state index in [0.717, 1.165) is 38.5 Å². The van der Waals surface area contributed by atoms with Crippen LogP contribution in [0.15, 0.2) is 0 Å². The molecule has 0 radical (unpaired) electrons. The average molecular weight is 282 g/mol. The molecule has 5 heteroatoms. The molecule has 0 unspecified atom stereocenters. The van der Waals surface area contributed by atoms with Gasteiger partial charge >= 0.3 is 5.97 Å². The lowest BCUT2D eigenvalue weighted by Gasteiger charge is -2.40. The van der Waals surface area contributed by atoms with Crippen molar-refractivity contribution < 1.29 is 14.7 Å². The molecule has 20 heavy (non-hydrogen) atoms. The van der Waals surface area contributed by atoms with Crippen molar-refractivity contribution in [3.8, 4) is 0 Å². The predicted octanol–water partition coefficient (Wildman–Crippen LogP) is 1.66. The van der Waals surface area contributed by atoms with E-state index >= 15 is 0 Å². The summed E-state index contributed by atoms with van der Waals surface area (Å²) in [5.41, 5.74) is 4.99. The second kappa shape index (κ2) is 6.12. The zero-order valence-electron chi connectivity index (χ0n) is 12.1. The topological polar surface area (TPSA) is 92.4 Å². The molecule has 0 atom stereocenters. The van der Waals surface area contributed by atoms with E-state index < -0.39 is 11.4 Å². The summed E-state index contributed by atoms with van der Waals surface area (Å²) >= 11 is 0. The Kier molecular flexibility index (Phi) is 4.68. The van der Waals surface area contributed by atoms with Crippen molar-refractivity contribution in [2.75, 3.05) is 13.1 Å². The Morgan fingerprint density at radius 1 is 1.05 bits per heavy atom. The Morgan fingerprint density at radius 3 is 2.15 bits per heavy atom. The standard InChI is InChI=1S/C15H26N2O3/c16-10-14(5-4-6-14)9-12(18)17-11-15(13(19)20)7-2-1-3-8-15/h1-11,16H2,(H,17,18)(H,19,20). The van der Waals surface area contributed by atoms with Crippen LogP contribution >= 0.6 is 0 Å². The van der Waals surface area contributed by atoms with Crippen molar-refractivity contribution in [2.24, 2.45) is 16.6 Å². The minimum absolute atomic E-state index is 0.0208. The molecule has 0 heterocycles. The molecule has 5 nitrogen and oxygen atoms in total. The van der Waals surface area contributed by atoms with E-state index in [1.807, 2.05) is 0 Å². The highest BCUT2D eigenvalue weighted by Gasteiger charge is 2.41. The molecule has 0 aromatic heterocycles. The molecule has 1 amide bonds. The first-order valence-electron chi connectivity index (χ1n) is 7.72. The normalized spacial score (nSPS) is 23.6. The Labute approximate surface area is 120 Å². The van der Waals surface area contributed by atoms with E-state index in [2.05, 4.69) is 5.32 Å². The summed E-state index contributed by atoms with van der Waals surface area (Å²) in [7, 11) is 0. The van der Waals surface area contributed by atoms with Gasteiger partial charge < -0.3 is 16.2 Å². The van der Waals surface area contributed by atoms with Crippen molar-refractivity contribution in [1.29, 1.82) is 0 Å². The molecule has 2 aliphatic rings. The molecule has 0 aromatic rings. The van der Waals surface area contributed by atoms with Gasteiger partial charge in [0.1, 0.15) is 0 Å². The zero-order chi connectivity index (χ0) is 14.6. The molecule has 0 aromatic carbocycles. The lowest BCUT2D eigenvalue weighted by molar-refractivity contribution is -0.151. The van der Waals surface area contributed by atoms with Crippen LogP contribution < -0.4 is 11.1 Å². The van der Waals surface area contributed by atoms with Crippen LogP contribution in [0, 0.1) is 10.8 Å². The Hall–Kier alpha value is -1.10. The number of hydrogen-bond acceptors (Lipinski definition) is 3. The van der Waals surface area contributed by atoms with Gasteiger partial charge in [-0.3, -0.25) is 9.59 Å². The smallest absolute Gasteiger partial charge is 0.311 e. The van der Waals surface area contributed by atoms with Crippen LogP contribution in [0.3, 0.4) is 0 Å². The van der Waals surface area contributed by atoms with Gasteiger partial charge in [0.2, 0.25) is 5.91 Å².